The van der Waals surface area contributed by atoms with Crippen molar-refractivity contribution in [3.05, 3.63) is 60.2 Å². The van der Waals surface area contributed by atoms with Gasteiger partial charge in [-0.25, -0.2) is 8.78 Å². The maximum atomic E-state index is 12.6. The molecule has 0 aliphatic rings. The summed E-state index contributed by atoms with van der Waals surface area (Å²) in [6, 6.07) is 12.7. The predicted molar refractivity (Wildman–Crippen MR) is 65.7 cm³/mol. The third kappa shape index (κ3) is 3.25. The second kappa shape index (κ2) is 5.37. The Morgan fingerprint density at radius 2 is 1.25 bits per heavy atom. The van der Waals surface area contributed by atoms with Gasteiger partial charge in [0.05, 0.1) is 15.7 Å². The Labute approximate surface area is 100 Å². The third-order valence-corrected chi connectivity index (χ3v) is 4.52. The van der Waals surface area contributed by atoms with E-state index < -0.39 is 0 Å². The highest BCUT2D eigenvalue weighted by Gasteiger charge is 2.06. The molecule has 0 spiro atoms. The lowest BCUT2D eigenvalue weighted by atomic mass is 10.4. The lowest BCUT2D eigenvalue weighted by Gasteiger charge is -1.93. The first-order valence-electron chi connectivity index (χ1n) is 4.63. The number of hydrogen-bond acceptors (Lipinski definition) is 1. The summed E-state index contributed by atoms with van der Waals surface area (Å²) in [6.45, 7) is 0. The Morgan fingerprint density at radius 1 is 0.750 bits per heavy atom. The molecular weight excluding hydrogens is 246 g/mol. The van der Waals surface area contributed by atoms with Crippen LogP contribution in [0.2, 0.25) is 0 Å². The SMILES string of the molecule is Fc1ccc(S[SH+]c2ccc(F)cc2)cc1. The second-order valence-electron chi connectivity index (χ2n) is 3.11. The number of benzene rings is 2. The first-order valence-corrected chi connectivity index (χ1v) is 6.95. The summed E-state index contributed by atoms with van der Waals surface area (Å²) in [5.41, 5.74) is 0. The average molecular weight is 255 g/mol. The van der Waals surface area contributed by atoms with Crippen LogP contribution in [-0.4, -0.2) is 0 Å². The van der Waals surface area contributed by atoms with Crippen LogP contribution in [0.25, 0.3) is 0 Å². The van der Waals surface area contributed by atoms with Crippen LogP contribution >= 0.6 is 10.8 Å². The molecule has 0 fully saturated rings. The van der Waals surface area contributed by atoms with Crippen molar-refractivity contribution in [1.82, 2.24) is 0 Å². The zero-order chi connectivity index (χ0) is 11.4. The fourth-order valence-electron chi connectivity index (χ4n) is 1.10. The first-order chi connectivity index (χ1) is 7.74. The molecule has 0 bridgehead atoms. The van der Waals surface area contributed by atoms with Gasteiger partial charge in [-0.05, 0) is 48.5 Å². The number of rotatable bonds is 3. The lowest BCUT2D eigenvalue weighted by molar-refractivity contribution is 0.626. The Balaban J connectivity index is 1.97. The highest BCUT2D eigenvalue weighted by molar-refractivity contribution is 8.66. The van der Waals surface area contributed by atoms with Crippen molar-refractivity contribution >= 4 is 21.6 Å². The molecule has 0 saturated heterocycles. The maximum Gasteiger partial charge on any atom is 0.166 e. The molecule has 0 aliphatic carbocycles. The number of halogens is 2. The summed E-state index contributed by atoms with van der Waals surface area (Å²) in [5, 5.41) is 0. The van der Waals surface area contributed by atoms with E-state index >= 15 is 0 Å². The van der Waals surface area contributed by atoms with Gasteiger partial charge in [0.2, 0.25) is 0 Å². The molecule has 0 radical (unpaired) electrons. The number of thiol groups is 1. The smallest absolute Gasteiger partial charge is 0.166 e. The number of hydrogen-bond donors (Lipinski definition) is 0. The van der Waals surface area contributed by atoms with Gasteiger partial charge in [0.15, 0.2) is 4.90 Å². The molecule has 0 nitrogen and oxygen atoms in total. The fourth-order valence-corrected chi connectivity index (χ4v) is 3.20. The van der Waals surface area contributed by atoms with Gasteiger partial charge in [0.1, 0.15) is 22.4 Å². The Kier molecular flexibility index (Phi) is 3.85. The topological polar surface area (TPSA) is 0 Å². The van der Waals surface area contributed by atoms with Gasteiger partial charge in [-0.2, -0.15) is 0 Å². The van der Waals surface area contributed by atoms with Crippen LogP contribution in [0, 0.1) is 11.6 Å². The second-order valence-corrected chi connectivity index (χ2v) is 5.56. The third-order valence-electron chi connectivity index (χ3n) is 1.90. The standard InChI is InChI=1S/C12H8F2S2/c13-9-1-5-11(6-2-9)15-16-12-7-3-10(14)4-8-12/h1-8H/p+1. The molecule has 0 aromatic heterocycles. The summed E-state index contributed by atoms with van der Waals surface area (Å²) in [5.74, 6) is -0.464. The van der Waals surface area contributed by atoms with E-state index in [2.05, 4.69) is 0 Å². The van der Waals surface area contributed by atoms with Crippen molar-refractivity contribution in [3.8, 4) is 0 Å². The molecule has 2 rings (SSSR count). The van der Waals surface area contributed by atoms with Crippen LogP contribution in [-0.2, 0) is 10.8 Å². The molecule has 16 heavy (non-hydrogen) atoms. The van der Waals surface area contributed by atoms with Gasteiger partial charge in [0, 0.05) is 0 Å². The molecule has 0 saturated carbocycles. The van der Waals surface area contributed by atoms with Gasteiger partial charge in [0.25, 0.3) is 0 Å². The Hall–Kier alpha value is -1.00. The van der Waals surface area contributed by atoms with Crippen molar-refractivity contribution < 1.29 is 8.78 Å². The maximum absolute atomic E-state index is 12.6. The monoisotopic (exact) mass is 255 g/mol. The van der Waals surface area contributed by atoms with Crippen molar-refractivity contribution in [1.29, 1.82) is 0 Å². The predicted octanol–water partition coefficient (Wildman–Crippen LogP) is 3.85. The van der Waals surface area contributed by atoms with Crippen LogP contribution in [0.15, 0.2) is 58.3 Å². The quantitative estimate of drug-likeness (QED) is 0.456. The highest BCUT2D eigenvalue weighted by atomic mass is 33.1. The van der Waals surface area contributed by atoms with Crippen LogP contribution in [0.4, 0.5) is 8.78 Å². The summed E-state index contributed by atoms with van der Waals surface area (Å²) in [6.07, 6.45) is 0. The molecule has 82 valence electrons. The molecule has 4 heteroatoms. The van der Waals surface area contributed by atoms with E-state index in [9.17, 15) is 8.78 Å². The van der Waals surface area contributed by atoms with Crippen molar-refractivity contribution in [2.75, 3.05) is 0 Å². The van der Waals surface area contributed by atoms with Crippen molar-refractivity contribution in [2.24, 2.45) is 0 Å². The van der Waals surface area contributed by atoms with Gasteiger partial charge in [-0.3, -0.25) is 0 Å². The van der Waals surface area contributed by atoms with E-state index in [1.807, 2.05) is 0 Å². The van der Waals surface area contributed by atoms with E-state index in [-0.39, 0.29) is 11.6 Å². The zero-order valence-corrected chi connectivity index (χ0v) is 9.94. The molecule has 2 aromatic carbocycles. The van der Waals surface area contributed by atoms with Crippen molar-refractivity contribution in [3.63, 3.8) is 0 Å². The molecule has 0 N–H and O–H groups in total. The summed E-state index contributed by atoms with van der Waals surface area (Å²) < 4.78 is 25.3. The van der Waals surface area contributed by atoms with Gasteiger partial charge in [-0.1, -0.05) is 0 Å². The minimum absolute atomic E-state index is 0.231. The minimum Gasteiger partial charge on any atom is -0.207 e. The summed E-state index contributed by atoms with van der Waals surface area (Å²) in [7, 11) is 2.58. The molecular formula is C12H9F2S2+. The average Bonchev–Trinajstić information content (AvgIpc) is 2.30. The van der Waals surface area contributed by atoms with E-state index in [1.165, 1.54) is 24.3 Å². The van der Waals surface area contributed by atoms with E-state index in [4.69, 9.17) is 0 Å². The largest absolute Gasteiger partial charge is 0.207 e. The Morgan fingerprint density at radius 3 is 1.81 bits per heavy atom. The Bertz CT molecular complexity index is 406. The zero-order valence-electron chi connectivity index (χ0n) is 8.23. The lowest BCUT2D eigenvalue weighted by Crippen LogP contribution is -1.80. The van der Waals surface area contributed by atoms with Gasteiger partial charge >= 0.3 is 0 Å². The van der Waals surface area contributed by atoms with E-state index in [0.717, 1.165) is 20.6 Å². The van der Waals surface area contributed by atoms with Crippen LogP contribution in [0.3, 0.4) is 0 Å². The summed E-state index contributed by atoms with van der Waals surface area (Å²) >= 11 is 0. The van der Waals surface area contributed by atoms with Crippen molar-refractivity contribution in [2.45, 2.75) is 9.79 Å². The molecule has 0 unspecified atom stereocenters. The van der Waals surface area contributed by atoms with Gasteiger partial charge < -0.3 is 0 Å². The van der Waals surface area contributed by atoms with Crippen LogP contribution in [0.5, 0.6) is 0 Å². The van der Waals surface area contributed by atoms with E-state index in [1.54, 1.807) is 35.1 Å². The van der Waals surface area contributed by atoms with Crippen LogP contribution in [0.1, 0.15) is 0 Å². The minimum atomic E-state index is -0.234. The summed E-state index contributed by atoms with van der Waals surface area (Å²) in [4.78, 5) is 2.02. The fraction of sp³-hybridized carbons (Fsp3) is 0. The molecule has 0 aliphatic heterocycles. The molecule has 2 aromatic rings. The molecule has 0 amide bonds. The normalized spacial score (nSPS) is 10.4. The highest BCUT2D eigenvalue weighted by Crippen LogP contribution is 2.24. The van der Waals surface area contributed by atoms with Crippen LogP contribution < -0.4 is 0 Å². The first kappa shape index (κ1) is 11.5. The molecule has 0 heterocycles. The molecule has 0 atom stereocenters. The van der Waals surface area contributed by atoms with E-state index in [0.29, 0.717) is 0 Å². The van der Waals surface area contributed by atoms with Gasteiger partial charge in [-0.15, -0.1) is 0 Å².